The number of carbonyl (C=O) groups excluding carboxylic acids is 1. The molecule has 0 aromatic heterocycles. The number of amides is 2. The van der Waals surface area contributed by atoms with Crippen molar-refractivity contribution < 1.29 is 19.4 Å². The van der Waals surface area contributed by atoms with Crippen molar-refractivity contribution in [1.82, 2.24) is 4.90 Å². The molecule has 1 fully saturated rings. The Bertz CT molecular complexity index is 544. The maximum atomic E-state index is 12.3. The largest absolute Gasteiger partial charge is 0.480 e. The average molecular weight is 357 g/mol. The van der Waals surface area contributed by atoms with Gasteiger partial charge in [0.15, 0.2) is 0 Å². The van der Waals surface area contributed by atoms with Crippen LogP contribution in [0.15, 0.2) is 22.7 Å². The topological polar surface area (TPSA) is 78.9 Å². The average Bonchev–Trinajstić information content (AvgIpc) is 2.81. The minimum atomic E-state index is -1.02. The zero-order chi connectivity index (χ0) is 15.6. The van der Waals surface area contributed by atoms with Gasteiger partial charge in [0, 0.05) is 30.2 Å². The summed E-state index contributed by atoms with van der Waals surface area (Å²) in [6.45, 7) is 2.18. The van der Waals surface area contributed by atoms with E-state index < -0.39 is 18.0 Å². The summed E-state index contributed by atoms with van der Waals surface area (Å²) in [7, 11) is 1.52. The van der Waals surface area contributed by atoms with E-state index in [1.54, 1.807) is 6.07 Å². The van der Waals surface area contributed by atoms with Gasteiger partial charge in [-0.15, -0.1) is 0 Å². The molecule has 7 heteroatoms. The first-order valence-corrected chi connectivity index (χ1v) is 7.30. The third-order valence-corrected chi connectivity index (χ3v) is 3.89. The van der Waals surface area contributed by atoms with Crippen molar-refractivity contribution in [3.63, 3.8) is 0 Å². The number of carbonyl (C=O) groups is 2. The van der Waals surface area contributed by atoms with Crippen LogP contribution < -0.4 is 5.32 Å². The van der Waals surface area contributed by atoms with Crippen LogP contribution in [0.1, 0.15) is 12.0 Å². The van der Waals surface area contributed by atoms with E-state index in [4.69, 9.17) is 4.74 Å². The number of nitrogens with one attached hydrogen (secondary N) is 1. The van der Waals surface area contributed by atoms with Crippen LogP contribution in [-0.4, -0.2) is 47.8 Å². The maximum absolute atomic E-state index is 12.3. The number of hydrogen-bond acceptors (Lipinski definition) is 3. The van der Waals surface area contributed by atoms with E-state index in [9.17, 15) is 14.7 Å². The van der Waals surface area contributed by atoms with Gasteiger partial charge in [0.25, 0.3) is 0 Å². The number of rotatable bonds is 3. The predicted octanol–water partition coefficient (Wildman–Crippen LogP) is 2.46. The van der Waals surface area contributed by atoms with E-state index in [0.29, 0.717) is 12.1 Å². The van der Waals surface area contributed by atoms with Gasteiger partial charge < -0.3 is 20.1 Å². The molecule has 2 atom stereocenters. The van der Waals surface area contributed by atoms with E-state index >= 15 is 0 Å². The minimum Gasteiger partial charge on any atom is -0.480 e. The molecule has 2 rings (SSSR count). The van der Waals surface area contributed by atoms with Gasteiger partial charge in [-0.3, -0.25) is 0 Å². The number of carboxylic acid groups (broad SMARTS) is 1. The molecule has 0 saturated carbocycles. The summed E-state index contributed by atoms with van der Waals surface area (Å²) in [6, 6.07) is 4.22. The van der Waals surface area contributed by atoms with Gasteiger partial charge in [-0.1, -0.05) is 15.9 Å². The number of anilines is 1. The van der Waals surface area contributed by atoms with Crippen molar-refractivity contribution >= 4 is 33.6 Å². The van der Waals surface area contributed by atoms with E-state index in [0.717, 1.165) is 10.0 Å². The summed E-state index contributed by atoms with van der Waals surface area (Å²) in [5, 5.41) is 11.9. The summed E-state index contributed by atoms with van der Waals surface area (Å²) in [5.74, 6) is -1.02. The highest BCUT2D eigenvalue weighted by molar-refractivity contribution is 9.10. The van der Waals surface area contributed by atoms with Crippen LogP contribution in [0.25, 0.3) is 0 Å². The number of halogens is 1. The Balaban J connectivity index is 2.13. The van der Waals surface area contributed by atoms with Crippen molar-refractivity contribution in [3.05, 3.63) is 28.2 Å². The zero-order valence-corrected chi connectivity index (χ0v) is 13.4. The van der Waals surface area contributed by atoms with Gasteiger partial charge in [-0.25, -0.2) is 9.59 Å². The Hall–Kier alpha value is -1.60. The summed E-state index contributed by atoms with van der Waals surface area (Å²) >= 11 is 3.36. The van der Waals surface area contributed by atoms with E-state index in [2.05, 4.69) is 21.2 Å². The number of nitrogens with zero attached hydrogens (tertiary/aromatic N) is 1. The quantitative estimate of drug-likeness (QED) is 0.871. The fourth-order valence-electron chi connectivity index (χ4n) is 2.43. The van der Waals surface area contributed by atoms with Crippen molar-refractivity contribution in [2.45, 2.75) is 25.5 Å². The van der Waals surface area contributed by atoms with Crippen molar-refractivity contribution in [1.29, 1.82) is 0 Å². The van der Waals surface area contributed by atoms with E-state index in [1.807, 2.05) is 19.1 Å². The van der Waals surface area contributed by atoms with Crippen LogP contribution in [0.5, 0.6) is 0 Å². The highest BCUT2D eigenvalue weighted by Gasteiger charge is 2.39. The zero-order valence-electron chi connectivity index (χ0n) is 11.8. The molecule has 2 N–H and O–H groups in total. The number of aliphatic carboxylic acids is 1. The van der Waals surface area contributed by atoms with Gasteiger partial charge in [-0.2, -0.15) is 0 Å². The lowest BCUT2D eigenvalue weighted by Crippen LogP contribution is -2.43. The lowest BCUT2D eigenvalue weighted by molar-refractivity contribution is -0.141. The summed E-state index contributed by atoms with van der Waals surface area (Å²) in [4.78, 5) is 24.8. The van der Waals surface area contributed by atoms with E-state index in [1.165, 1.54) is 12.0 Å². The van der Waals surface area contributed by atoms with Crippen molar-refractivity contribution in [2.75, 3.05) is 19.0 Å². The number of urea groups is 1. The molecule has 1 aliphatic rings. The molecule has 0 radical (unpaired) electrons. The number of carboxylic acids is 1. The fourth-order valence-corrected chi connectivity index (χ4v) is 3.04. The second kappa shape index (κ2) is 6.44. The van der Waals surface area contributed by atoms with Gasteiger partial charge in [0.1, 0.15) is 6.04 Å². The Morgan fingerprint density at radius 2 is 2.14 bits per heavy atom. The van der Waals surface area contributed by atoms with Gasteiger partial charge >= 0.3 is 12.0 Å². The van der Waals surface area contributed by atoms with E-state index in [-0.39, 0.29) is 12.6 Å². The molecule has 0 spiro atoms. The highest BCUT2D eigenvalue weighted by atomic mass is 79.9. The SMILES string of the molecule is COC1CC(C(=O)O)N(C(=O)Nc2cc(C)cc(Br)c2)C1. The number of hydrogen-bond donors (Lipinski definition) is 2. The molecule has 1 heterocycles. The summed E-state index contributed by atoms with van der Waals surface area (Å²) < 4.78 is 6.02. The van der Waals surface area contributed by atoms with Crippen LogP contribution in [0.2, 0.25) is 0 Å². The van der Waals surface area contributed by atoms with Crippen LogP contribution >= 0.6 is 15.9 Å². The first-order valence-electron chi connectivity index (χ1n) is 6.51. The minimum absolute atomic E-state index is 0.249. The molecule has 0 aliphatic carbocycles. The third kappa shape index (κ3) is 3.74. The number of methoxy groups -OCH3 is 1. The smallest absolute Gasteiger partial charge is 0.326 e. The molecule has 0 bridgehead atoms. The van der Waals surface area contributed by atoms with Gasteiger partial charge in [-0.05, 0) is 30.7 Å². The Kier molecular flexibility index (Phi) is 4.84. The first-order chi connectivity index (χ1) is 9.90. The first kappa shape index (κ1) is 15.8. The molecule has 6 nitrogen and oxygen atoms in total. The number of ether oxygens (including phenoxy) is 1. The molecule has 1 saturated heterocycles. The lowest BCUT2D eigenvalue weighted by Gasteiger charge is -2.21. The molecule has 21 heavy (non-hydrogen) atoms. The van der Waals surface area contributed by atoms with Gasteiger partial charge in [0.05, 0.1) is 6.10 Å². The molecule has 1 aromatic carbocycles. The fraction of sp³-hybridized carbons (Fsp3) is 0.429. The molecular weight excluding hydrogens is 340 g/mol. The van der Waals surface area contributed by atoms with Crippen LogP contribution in [0.4, 0.5) is 10.5 Å². The summed E-state index contributed by atoms with van der Waals surface area (Å²) in [5.41, 5.74) is 1.61. The standard InChI is InChI=1S/C14H17BrN2O4/c1-8-3-9(15)5-10(4-8)16-14(20)17-7-11(21-2)6-12(17)13(18)19/h3-5,11-12H,6-7H2,1-2H3,(H,16,20)(H,18,19). The Morgan fingerprint density at radius 3 is 2.71 bits per heavy atom. The highest BCUT2D eigenvalue weighted by Crippen LogP contribution is 2.23. The van der Waals surface area contributed by atoms with Gasteiger partial charge in [0.2, 0.25) is 0 Å². The molecular formula is C14H17BrN2O4. The van der Waals surface area contributed by atoms with Crippen LogP contribution in [-0.2, 0) is 9.53 Å². The molecule has 114 valence electrons. The molecule has 2 unspecified atom stereocenters. The monoisotopic (exact) mass is 356 g/mol. The molecule has 1 aromatic rings. The predicted molar refractivity (Wildman–Crippen MR) is 81.4 cm³/mol. The maximum Gasteiger partial charge on any atom is 0.326 e. The van der Waals surface area contributed by atoms with Crippen molar-refractivity contribution in [3.8, 4) is 0 Å². The second-order valence-electron chi connectivity index (χ2n) is 5.05. The Morgan fingerprint density at radius 1 is 1.43 bits per heavy atom. The van der Waals surface area contributed by atoms with Crippen LogP contribution in [0, 0.1) is 6.92 Å². The number of aryl methyl sites for hydroxylation is 1. The molecule has 1 aliphatic heterocycles. The number of benzene rings is 1. The Labute approximate surface area is 131 Å². The molecule has 2 amide bonds. The lowest BCUT2D eigenvalue weighted by atomic mass is 10.2. The number of likely N-dealkylation sites (tertiary alicyclic amines) is 1. The summed E-state index contributed by atoms with van der Waals surface area (Å²) in [6.07, 6.45) is 0.0534. The van der Waals surface area contributed by atoms with Crippen molar-refractivity contribution in [2.24, 2.45) is 0 Å². The normalized spacial score (nSPS) is 21.4. The van der Waals surface area contributed by atoms with Crippen LogP contribution in [0.3, 0.4) is 0 Å². The third-order valence-electron chi connectivity index (χ3n) is 3.44. The second-order valence-corrected chi connectivity index (χ2v) is 5.96.